The molecule has 0 saturated heterocycles. The van der Waals surface area contributed by atoms with Crippen LogP contribution in [-0.2, 0) is 27.3 Å². The van der Waals surface area contributed by atoms with E-state index >= 15 is 0 Å². The summed E-state index contributed by atoms with van der Waals surface area (Å²) in [4.78, 5) is 0. The summed E-state index contributed by atoms with van der Waals surface area (Å²) in [6, 6.07) is 31.2. The Morgan fingerprint density at radius 2 is 1.39 bits per heavy atom. The van der Waals surface area contributed by atoms with Crippen LogP contribution >= 0.6 is 17.0 Å². The van der Waals surface area contributed by atoms with E-state index in [4.69, 9.17) is 17.0 Å². The molecule has 0 aliphatic heterocycles. The molecular formula is C25H19Cl2Zr-. The van der Waals surface area contributed by atoms with Crippen molar-refractivity contribution < 1.29 is 20.8 Å². The Morgan fingerprint density at radius 1 is 0.714 bits per heavy atom. The van der Waals surface area contributed by atoms with E-state index in [9.17, 15) is 0 Å². The van der Waals surface area contributed by atoms with E-state index in [1.807, 2.05) is 0 Å². The molecule has 3 heteroatoms. The maximum absolute atomic E-state index is 4.93. The first-order chi connectivity index (χ1) is 13.8. The van der Waals surface area contributed by atoms with Crippen LogP contribution in [0.25, 0.3) is 43.4 Å². The quantitative estimate of drug-likeness (QED) is 0.175. The van der Waals surface area contributed by atoms with Gasteiger partial charge in [-0.3, -0.25) is 0 Å². The van der Waals surface area contributed by atoms with Crippen LogP contribution in [0.2, 0.25) is 0 Å². The number of aryl methyl sites for hydroxylation is 1. The van der Waals surface area contributed by atoms with Gasteiger partial charge in [0.25, 0.3) is 0 Å². The summed E-state index contributed by atoms with van der Waals surface area (Å²) in [5, 5.41) is 7.98. The van der Waals surface area contributed by atoms with E-state index in [0.29, 0.717) is 0 Å². The van der Waals surface area contributed by atoms with Crippen molar-refractivity contribution >= 4 is 49.3 Å². The van der Waals surface area contributed by atoms with Crippen molar-refractivity contribution in [2.24, 2.45) is 0 Å². The third-order valence-electron chi connectivity index (χ3n) is 5.28. The number of hydrogen-bond donors (Lipinski definition) is 0. The van der Waals surface area contributed by atoms with Crippen molar-refractivity contribution in [3.63, 3.8) is 0 Å². The fourth-order valence-corrected chi connectivity index (χ4v) is 4.01. The Labute approximate surface area is 184 Å². The number of hydrogen-bond acceptors (Lipinski definition) is 0. The number of fused-ring (bicyclic) bond motifs is 4. The van der Waals surface area contributed by atoms with Gasteiger partial charge in [-0.25, -0.2) is 0 Å². The topological polar surface area (TPSA) is 0 Å². The van der Waals surface area contributed by atoms with E-state index in [0.717, 1.165) is 6.42 Å². The van der Waals surface area contributed by atoms with Crippen LogP contribution in [0.5, 0.6) is 0 Å². The summed E-state index contributed by atoms with van der Waals surface area (Å²) < 4.78 is 0. The molecule has 5 aromatic carbocycles. The molecule has 0 aromatic heterocycles. The molecule has 0 saturated carbocycles. The average molecular weight is 482 g/mol. The molecule has 0 bridgehead atoms. The summed E-state index contributed by atoms with van der Waals surface area (Å²) in [6.07, 6.45) is 1.08. The zero-order valence-corrected chi connectivity index (χ0v) is 19.5. The summed E-state index contributed by atoms with van der Waals surface area (Å²) >= 11 is -0.826. The normalized spacial score (nSPS) is 10.8. The second-order valence-electron chi connectivity index (χ2n) is 6.79. The van der Waals surface area contributed by atoms with E-state index in [2.05, 4.69) is 91.9 Å². The Bertz CT molecular complexity index is 1250. The van der Waals surface area contributed by atoms with E-state index in [1.165, 1.54) is 49.0 Å². The molecule has 5 aromatic rings. The van der Waals surface area contributed by atoms with Crippen LogP contribution in [0.4, 0.5) is 0 Å². The van der Waals surface area contributed by atoms with Crippen LogP contribution in [0.3, 0.4) is 0 Å². The monoisotopic (exact) mass is 479 g/mol. The first-order valence-electron chi connectivity index (χ1n) is 9.32. The summed E-state index contributed by atoms with van der Waals surface area (Å²) in [5.41, 5.74) is 4.07. The van der Waals surface area contributed by atoms with Crippen molar-refractivity contribution in [1.82, 2.24) is 0 Å². The van der Waals surface area contributed by atoms with Gasteiger partial charge < -0.3 is 0 Å². The van der Waals surface area contributed by atoms with E-state index < -0.39 is 20.8 Å². The molecule has 0 atom stereocenters. The minimum absolute atomic E-state index is 0.826. The molecule has 0 fully saturated rings. The van der Waals surface area contributed by atoms with Gasteiger partial charge in [0.2, 0.25) is 0 Å². The third-order valence-corrected chi connectivity index (χ3v) is 5.28. The molecule has 0 amide bonds. The molecule has 0 aliphatic carbocycles. The predicted molar refractivity (Wildman–Crippen MR) is 121 cm³/mol. The zero-order chi connectivity index (χ0) is 19.5. The molecule has 0 N–H and O–H groups in total. The average Bonchev–Trinajstić information content (AvgIpc) is 3.17. The fourth-order valence-electron chi connectivity index (χ4n) is 4.01. The van der Waals surface area contributed by atoms with Crippen LogP contribution < -0.4 is 0 Å². The van der Waals surface area contributed by atoms with Gasteiger partial charge in [0.15, 0.2) is 0 Å². The number of benzene rings is 4. The predicted octanol–water partition coefficient (Wildman–Crippen LogP) is 8.47. The summed E-state index contributed by atoms with van der Waals surface area (Å²) in [6.45, 7) is 2.22. The van der Waals surface area contributed by atoms with Gasteiger partial charge in [-0.15, -0.1) is 34.5 Å². The van der Waals surface area contributed by atoms with Gasteiger partial charge >= 0.3 is 37.9 Å². The molecule has 5 rings (SSSR count). The Balaban J connectivity index is 0.000000604. The van der Waals surface area contributed by atoms with Gasteiger partial charge in [-0.05, 0) is 39.6 Å². The first kappa shape index (κ1) is 19.8. The second-order valence-corrected chi connectivity index (χ2v) is 10.5. The van der Waals surface area contributed by atoms with Crippen molar-refractivity contribution in [1.29, 1.82) is 0 Å². The summed E-state index contributed by atoms with van der Waals surface area (Å²) in [7, 11) is 9.87. The molecule has 138 valence electrons. The molecular weight excluding hydrogens is 462 g/mol. The zero-order valence-electron chi connectivity index (χ0n) is 15.5. The van der Waals surface area contributed by atoms with Crippen LogP contribution in [0.15, 0.2) is 84.9 Å². The van der Waals surface area contributed by atoms with Crippen molar-refractivity contribution in [3.8, 4) is 11.1 Å². The van der Waals surface area contributed by atoms with E-state index in [-0.39, 0.29) is 0 Å². The van der Waals surface area contributed by atoms with Crippen molar-refractivity contribution in [2.45, 2.75) is 13.3 Å². The van der Waals surface area contributed by atoms with E-state index in [1.54, 1.807) is 0 Å². The summed E-state index contributed by atoms with van der Waals surface area (Å²) in [5.74, 6) is 0. The van der Waals surface area contributed by atoms with Gasteiger partial charge in [0.1, 0.15) is 0 Å². The van der Waals surface area contributed by atoms with Gasteiger partial charge in [0, 0.05) is 0 Å². The molecule has 0 nitrogen and oxygen atoms in total. The Kier molecular flexibility index (Phi) is 6.26. The molecule has 0 aliphatic rings. The molecule has 0 unspecified atom stereocenters. The van der Waals surface area contributed by atoms with Crippen LogP contribution in [0.1, 0.15) is 12.5 Å². The van der Waals surface area contributed by atoms with Gasteiger partial charge in [-0.1, -0.05) is 67.1 Å². The van der Waals surface area contributed by atoms with Gasteiger partial charge in [-0.2, -0.15) is 6.07 Å². The molecule has 0 heterocycles. The minimum atomic E-state index is -0.826. The van der Waals surface area contributed by atoms with Crippen LogP contribution in [-0.4, -0.2) is 0 Å². The second kappa shape index (κ2) is 8.87. The van der Waals surface area contributed by atoms with Crippen molar-refractivity contribution in [3.05, 3.63) is 90.5 Å². The SMILES string of the molecule is CCc1cc2c(-c3cc4ccccc4c4ccccc34)cccc2[cH-]1.[Cl][Zr][Cl]. The standard InChI is InChI=1S/C25H19.2ClH.Zr/c1-2-17-14-18-9-7-13-23(24(18)15-17)25-16-19-8-3-4-10-20(19)21-11-5-6-12-22(21)25;;;/h3-16H,2H2,1H3;2*1H;/q-1;;;+2/p-2. The van der Waals surface area contributed by atoms with Gasteiger partial charge in [0.05, 0.1) is 0 Å². The first-order valence-corrected chi connectivity index (χ1v) is 15.6. The number of halogens is 2. The number of rotatable bonds is 2. The fraction of sp³-hybridized carbons (Fsp3) is 0.0800. The van der Waals surface area contributed by atoms with Crippen LogP contribution in [0, 0.1) is 0 Å². The third kappa shape index (κ3) is 3.69. The molecule has 0 radical (unpaired) electrons. The maximum atomic E-state index is 4.93. The molecule has 0 spiro atoms. The molecule has 28 heavy (non-hydrogen) atoms. The Hall–Kier alpha value is -1.53. The van der Waals surface area contributed by atoms with Crippen molar-refractivity contribution in [2.75, 3.05) is 0 Å². The Morgan fingerprint density at radius 3 is 2.14 bits per heavy atom.